The van der Waals surface area contributed by atoms with E-state index in [1.54, 1.807) is 12.1 Å². The van der Waals surface area contributed by atoms with Crippen molar-refractivity contribution in [3.8, 4) is 5.75 Å². The molecule has 1 aromatic rings. The predicted octanol–water partition coefficient (Wildman–Crippen LogP) is -0.0532. The topological polar surface area (TPSA) is 235 Å². The van der Waals surface area contributed by atoms with Gasteiger partial charge in [0, 0.05) is 13.0 Å². The van der Waals surface area contributed by atoms with Crippen LogP contribution in [-0.2, 0) is 25.6 Å². The highest BCUT2D eigenvalue weighted by molar-refractivity contribution is 5.94. The number of aromatic hydroxyl groups is 1. The molecule has 13 heteroatoms. The minimum absolute atomic E-state index is 0.00347. The van der Waals surface area contributed by atoms with Gasteiger partial charge in [-0.2, -0.15) is 0 Å². The number of guanidine groups is 1. The number of aliphatic carboxylic acids is 1. The molecule has 0 saturated carbocycles. The number of rotatable bonds is 17. The van der Waals surface area contributed by atoms with Crippen LogP contribution in [0.25, 0.3) is 0 Å². The molecule has 4 unspecified atom stereocenters. The summed E-state index contributed by atoms with van der Waals surface area (Å²) in [5, 5.41) is 27.0. The number of aliphatic imine (C=N–C) groups is 1. The minimum atomic E-state index is -1.19. The van der Waals surface area contributed by atoms with E-state index in [2.05, 4.69) is 20.9 Å². The molecule has 3 amide bonds. The molecule has 0 radical (unpaired) electrons. The molecule has 1 aromatic carbocycles. The third kappa shape index (κ3) is 13.3. The summed E-state index contributed by atoms with van der Waals surface area (Å²) in [6, 6.07) is 1.91. The zero-order valence-electron chi connectivity index (χ0n) is 23.7. The van der Waals surface area contributed by atoms with Gasteiger partial charge in [-0.3, -0.25) is 19.4 Å². The van der Waals surface area contributed by atoms with E-state index in [9.17, 15) is 29.4 Å². The van der Waals surface area contributed by atoms with Crippen LogP contribution in [-0.4, -0.2) is 70.6 Å². The highest BCUT2D eigenvalue weighted by Crippen LogP contribution is 2.13. The van der Waals surface area contributed by atoms with Crippen molar-refractivity contribution in [2.45, 2.75) is 84.0 Å². The first kappa shape index (κ1) is 34.2. The number of carbonyl (C=O) groups excluding carboxylic acids is 3. The van der Waals surface area contributed by atoms with Crippen LogP contribution < -0.4 is 33.2 Å². The summed E-state index contributed by atoms with van der Waals surface area (Å²) < 4.78 is 0. The van der Waals surface area contributed by atoms with E-state index < -0.39 is 47.9 Å². The molecule has 224 valence electrons. The fourth-order valence-electron chi connectivity index (χ4n) is 3.98. The third-order valence-electron chi connectivity index (χ3n) is 5.97. The van der Waals surface area contributed by atoms with Crippen LogP contribution >= 0.6 is 0 Å². The lowest BCUT2D eigenvalue weighted by Crippen LogP contribution is -2.57. The van der Waals surface area contributed by atoms with Crippen molar-refractivity contribution in [1.29, 1.82) is 0 Å². The Morgan fingerprint density at radius 1 is 0.825 bits per heavy atom. The van der Waals surface area contributed by atoms with E-state index in [-0.39, 0.29) is 49.4 Å². The number of nitrogens with two attached hydrogens (primary N) is 3. The number of carbonyl (C=O) groups is 4. The Balaban J connectivity index is 3.19. The lowest BCUT2D eigenvalue weighted by atomic mass is 10.0. The third-order valence-corrected chi connectivity index (χ3v) is 5.97. The summed E-state index contributed by atoms with van der Waals surface area (Å²) in [6.45, 7) is 7.69. The summed E-state index contributed by atoms with van der Waals surface area (Å²) in [6.07, 6.45) is 1.08. The van der Waals surface area contributed by atoms with Crippen LogP contribution in [0.2, 0.25) is 0 Å². The largest absolute Gasteiger partial charge is 0.508 e. The van der Waals surface area contributed by atoms with Gasteiger partial charge in [-0.15, -0.1) is 0 Å². The average Bonchev–Trinajstić information content (AvgIpc) is 2.85. The summed E-state index contributed by atoms with van der Waals surface area (Å²) in [5.41, 5.74) is 17.4. The number of nitrogens with zero attached hydrogens (tertiary/aromatic N) is 1. The smallest absolute Gasteiger partial charge is 0.326 e. The zero-order chi connectivity index (χ0) is 30.4. The first-order valence-corrected chi connectivity index (χ1v) is 13.4. The van der Waals surface area contributed by atoms with Gasteiger partial charge < -0.3 is 43.4 Å². The van der Waals surface area contributed by atoms with Crippen molar-refractivity contribution in [3.63, 3.8) is 0 Å². The average molecular weight is 564 g/mol. The molecular weight excluding hydrogens is 518 g/mol. The van der Waals surface area contributed by atoms with Gasteiger partial charge in [0.1, 0.15) is 23.9 Å². The molecule has 0 bridgehead atoms. The van der Waals surface area contributed by atoms with Gasteiger partial charge >= 0.3 is 5.97 Å². The number of nitrogens with one attached hydrogen (secondary N) is 3. The number of amides is 3. The van der Waals surface area contributed by atoms with Crippen LogP contribution in [0.15, 0.2) is 29.3 Å². The molecule has 0 aliphatic rings. The molecule has 0 heterocycles. The maximum atomic E-state index is 13.5. The summed E-state index contributed by atoms with van der Waals surface area (Å²) in [5.74, 6) is -2.99. The van der Waals surface area contributed by atoms with Gasteiger partial charge in [-0.25, -0.2) is 4.79 Å². The number of carboxylic acid groups (broad SMARTS) is 1. The van der Waals surface area contributed by atoms with E-state index in [1.807, 2.05) is 27.7 Å². The Kier molecular flexibility index (Phi) is 14.5. The molecule has 4 atom stereocenters. The highest BCUT2D eigenvalue weighted by Gasteiger charge is 2.30. The number of carboxylic acids is 1. The second kappa shape index (κ2) is 17.0. The van der Waals surface area contributed by atoms with Crippen molar-refractivity contribution in [1.82, 2.24) is 16.0 Å². The normalized spacial score (nSPS) is 14.1. The molecule has 0 aliphatic carbocycles. The first-order chi connectivity index (χ1) is 18.7. The molecule has 11 N–H and O–H groups in total. The second-order valence-electron chi connectivity index (χ2n) is 10.7. The van der Waals surface area contributed by atoms with Gasteiger partial charge in [-0.05, 0) is 55.2 Å². The van der Waals surface area contributed by atoms with E-state index >= 15 is 0 Å². The fraction of sp³-hybridized carbons (Fsp3) is 0.593. The highest BCUT2D eigenvalue weighted by atomic mass is 16.4. The maximum Gasteiger partial charge on any atom is 0.326 e. The Morgan fingerprint density at radius 2 is 1.35 bits per heavy atom. The van der Waals surface area contributed by atoms with Crippen molar-refractivity contribution >= 4 is 29.7 Å². The molecule has 0 aliphatic heterocycles. The molecule has 0 spiro atoms. The maximum absolute atomic E-state index is 13.5. The van der Waals surface area contributed by atoms with Gasteiger partial charge in [-0.1, -0.05) is 39.8 Å². The number of benzene rings is 1. The number of phenolic OH excluding ortho intramolecular Hbond substituents is 1. The molecular formula is C27H45N7O6. The Bertz CT molecular complexity index is 1010. The predicted molar refractivity (Wildman–Crippen MR) is 152 cm³/mol. The molecule has 40 heavy (non-hydrogen) atoms. The van der Waals surface area contributed by atoms with E-state index in [1.165, 1.54) is 12.1 Å². The van der Waals surface area contributed by atoms with Crippen molar-refractivity contribution in [2.24, 2.45) is 34.0 Å². The summed E-state index contributed by atoms with van der Waals surface area (Å²) in [7, 11) is 0. The second-order valence-corrected chi connectivity index (χ2v) is 10.7. The summed E-state index contributed by atoms with van der Waals surface area (Å²) >= 11 is 0. The van der Waals surface area contributed by atoms with Crippen molar-refractivity contribution in [3.05, 3.63) is 29.8 Å². The van der Waals surface area contributed by atoms with Crippen molar-refractivity contribution < 1.29 is 29.4 Å². The van der Waals surface area contributed by atoms with Crippen LogP contribution in [0, 0.1) is 11.8 Å². The standard InChI is InChI=1S/C27H45N7O6/c1-15(2)12-19(28)23(36)33-21(14-17-7-9-18(35)10-8-17)25(38)32-20(6-5-11-31-27(29)30)24(37)34-22(26(39)40)13-16(3)4/h7-10,15-16,19-22,35H,5-6,11-14,28H2,1-4H3,(H,32,38)(H,33,36)(H,34,37)(H,39,40)(H4,29,30,31). The van der Waals surface area contributed by atoms with Crippen LogP contribution in [0.4, 0.5) is 0 Å². The first-order valence-electron chi connectivity index (χ1n) is 13.4. The van der Waals surface area contributed by atoms with E-state index in [0.29, 0.717) is 18.4 Å². The molecule has 0 saturated heterocycles. The van der Waals surface area contributed by atoms with Crippen LogP contribution in [0.3, 0.4) is 0 Å². The number of hydrogen-bond acceptors (Lipinski definition) is 7. The lowest BCUT2D eigenvalue weighted by molar-refractivity contribution is -0.142. The molecule has 0 fully saturated rings. The molecule has 1 rings (SSSR count). The van der Waals surface area contributed by atoms with Crippen LogP contribution in [0.1, 0.15) is 58.9 Å². The van der Waals surface area contributed by atoms with Gasteiger partial charge in [0.15, 0.2) is 5.96 Å². The molecule has 13 nitrogen and oxygen atoms in total. The van der Waals surface area contributed by atoms with Gasteiger partial charge in [0.2, 0.25) is 17.7 Å². The van der Waals surface area contributed by atoms with Crippen LogP contribution in [0.5, 0.6) is 5.75 Å². The monoisotopic (exact) mass is 563 g/mol. The Hall–Kier alpha value is -3.87. The Morgan fingerprint density at radius 3 is 1.88 bits per heavy atom. The Labute approximate surface area is 235 Å². The van der Waals surface area contributed by atoms with Gasteiger partial charge in [0.05, 0.1) is 6.04 Å². The lowest BCUT2D eigenvalue weighted by Gasteiger charge is -2.26. The van der Waals surface area contributed by atoms with E-state index in [4.69, 9.17) is 17.2 Å². The summed E-state index contributed by atoms with van der Waals surface area (Å²) in [4.78, 5) is 55.1. The number of hydrogen-bond donors (Lipinski definition) is 8. The zero-order valence-corrected chi connectivity index (χ0v) is 23.7. The quantitative estimate of drug-likeness (QED) is 0.0719. The number of phenols is 1. The fourth-order valence-corrected chi connectivity index (χ4v) is 3.98. The SMILES string of the molecule is CC(C)CC(N)C(=O)NC(Cc1ccc(O)cc1)C(=O)NC(CCCN=C(N)N)C(=O)NC(CC(C)C)C(=O)O. The van der Waals surface area contributed by atoms with E-state index in [0.717, 1.165) is 0 Å². The van der Waals surface area contributed by atoms with Crippen molar-refractivity contribution in [2.75, 3.05) is 6.54 Å². The van der Waals surface area contributed by atoms with Gasteiger partial charge in [0.25, 0.3) is 0 Å². The molecule has 0 aromatic heterocycles. The minimum Gasteiger partial charge on any atom is -0.508 e.